The number of hydrogen-bond donors (Lipinski definition) is 0. The van der Waals surface area contributed by atoms with Crippen molar-refractivity contribution in [2.75, 3.05) is 20.2 Å². The summed E-state index contributed by atoms with van der Waals surface area (Å²) in [5.41, 5.74) is 2.11. The number of ether oxygens (including phenoxy) is 2. The Bertz CT molecular complexity index is 710. The van der Waals surface area contributed by atoms with Gasteiger partial charge in [-0.1, -0.05) is 42.5 Å². The highest BCUT2D eigenvalue weighted by Crippen LogP contribution is 2.16. The van der Waals surface area contributed by atoms with Crippen molar-refractivity contribution in [3.05, 3.63) is 71.8 Å². The second kappa shape index (κ2) is 8.49. The molecule has 2 aromatic rings. The van der Waals surface area contributed by atoms with Crippen LogP contribution >= 0.6 is 0 Å². The van der Waals surface area contributed by atoms with Gasteiger partial charge < -0.3 is 14.4 Å². The molecular formula is C21H23NO3. The van der Waals surface area contributed by atoms with E-state index in [2.05, 4.69) is 0 Å². The number of likely N-dealkylation sites (tertiary alicyclic amines) is 1. The van der Waals surface area contributed by atoms with Gasteiger partial charge in [0.25, 0.3) is 0 Å². The van der Waals surface area contributed by atoms with Gasteiger partial charge in [0.15, 0.2) is 0 Å². The van der Waals surface area contributed by atoms with Crippen molar-refractivity contribution in [2.45, 2.75) is 19.1 Å². The molecule has 130 valence electrons. The Hall–Kier alpha value is -2.59. The largest absolute Gasteiger partial charge is 0.489 e. The Balaban J connectivity index is 1.51. The molecule has 0 aliphatic carbocycles. The number of nitrogens with zero attached hydrogens (tertiary/aromatic N) is 1. The lowest BCUT2D eigenvalue weighted by atomic mass is 10.2. The predicted octanol–water partition coefficient (Wildman–Crippen LogP) is 3.53. The van der Waals surface area contributed by atoms with Gasteiger partial charge in [-0.05, 0) is 35.8 Å². The van der Waals surface area contributed by atoms with Crippen LogP contribution in [0.5, 0.6) is 5.75 Å². The molecule has 0 spiro atoms. The molecular weight excluding hydrogens is 314 g/mol. The standard InChI is InChI=1S/C21H23NO3/c1-24-20-13-14-22(15-20)21(23)12-9-17-7-10-19(11-8-17)25-16-18-5-3-2-4-6-18/h2-12,20H,13-16H2,1H3/b12-9+. The quantitative estimate of drug-likeness (QED) is 0.757. The molecule has 2 aromatic carbocycles. The third-order valence-electron chi connectivity index (χ3n) is 4.34. The number of hydrogen-bond acceptors (Lipinski definition) is 3. The first-order valence-electron chi connectivity index (χ1n) is 8.51. The van der Waals surface area contributed by atoms with Crippen molar-refractivity contribution in [1.29, 1.82) is 0 Å². The van der Waals surface area contributed by atoms with Gasteiger partial charge in [0.05, 0.1) is 6.10 Å². The molecule has 0 saturated carbocycles. The van der Waals surface area contributed by atoms with E-state index in [1.807, 2.05) is 65.6 Å². The van der Waals surface area contributed by atoms with Crippen LogP contribution in [0.1, 0.15) is 17.5 Å². The van der Waals surface area contributed by atoms with E-state index in [4.69, 9.17) is 9.47 Å². The first kappa shape index (κ1) is 17.2. The number of benzene rings is 2. The van der Waals surface area contributed by atoms with Crippen molar-refractivity contribution >= 4 is 12.0 Å². The Kier molecular flexibility index (Phi) is 5.86. The number of carbonyl (C=O) groups excluding carboxylic acids is 1. The summed E-state index contributed by atoms with van der Waals surface area (Å²) in [6, 6.07) is 17.8. The number of rotatable bonds is 6. The van der Waals surface area contributed by atoms with E-state index in [0.29, 0.717) is 13.2 Å². The molecule has 1 fully saturated rings. The Morgan fingerprint density at radius 3 is 2.60 bits per heavy atom. The van der Waals surface area contributed by atoms with E-state index in [9.17, 15) is 4.79 Å². The molecule has 0 bridgehead atoms. The monoisotopic (exact) mass is 337 g/mol. The fourth-order valence-electron chi connectivity index (χ4n) is 2.81. The Labute approximate surface area is 148 Å². The minimum atomic E-state index is 0.0314. The van der Waals surface area contributed by atoms with Crippen molar-refractivity contribution < 1.29 is 14.3 Å². The second-order valence-electron chi connectivity index (χ2n) is 6.11. The van der Waals surface area contributed by atoms with Crippen LogP contribution in [0.4, 0.5) is 0 Å². The fourth-order valence-corrected chi connectivity index (χ4v) is 2.81. The zero-order valence-electron chi connectivity index (χ0n) is 14.4. The maximum atomic E-state index is 12.2. The Morgan fingerprint density at radius 2 is 1.92 bits per heavy atom. The van der Waals surface area contributed by atoms with Crippen molar-refractivity contribution in [1.82, 2.24) is 4.90 Å². The minimum absolute atomic E-state index is 0.0314. The van der Waals surface area contributed by atoms with Gasteiger partial charge in [0.2, 0.25) is 5.91 Å². The second-order valence-corrected chi connectivity index (χ2v) is 6.11. The van der Waals surface area contributed by atoms with E-state index < -0.39 is 0 Å². The summed E-state index contributed by atoms with van der Waals surface area (Å²) < 4.78 is 11.1. The van der Waals surface area contributed by atoms with Gasteiger partial charge in [-0.3, -0.25) is 4.79 Å². The zero-order chi connectivity index (χ0) is 17.5. The molecule has 0 N–H and O–H groups in total. The molecule has 4 nitrogen and oxygen atoms in total. The molecule has 0 radical (unpaired) electrons. The molecule has 1 aliphatic rings. The molecule has 1 amide bonds. The zero-order valence-corrected chi connectivity index (χ0v) is 14.4. The van der Waals surface area contributed by atoms with E-state index in [-0.39, 0.29) is 12.0 Å². The predicted molar refractivity (Wildman–Crippen MR) is 98.2 cm³/mol. The lowest BCUT2D eigenvalue weighted by molar-refractivity contribution is -0.125. The van der Waals surface area contributed by atoms with Crippen LogP contribution in [0, 0.1) is 0 Å². The lowest BCUT2D eigenvalue weighted by Gasteiger charge is -2.13. The maximum Gasteiger partial charge on any atom is 0.246 e. The van der Waals surface area contributed by atoms with Gasteiger partial charge in [-0.2, -0.15) is 0 Å². The summed E-state index contributed by atoms with van der Waals surface area (Å²) in [5.74, 6) is 0.846. The highest BCUT2D eigenvalue weighted by atomic mass is 16.5. The van der Waals surface area contributed by atoms with Gasteiger partial charge in [-0.25, -0.2) is 0 Å². The summed E-state index contributed by atoms with van der Waals surface area (Å²) in [7, 11) is 1.69. The van der Waals surface area contributed by atoms with Crippen molar-refractivity contribution in [2.24, 2.45) is 0 Å². The minimum Gasteiger partial charge on any atom is -0.489 e. The van der Waals surface area contributed by atoms with Crippen LogP contribution in [0.3, 0.4) is 0 Å². The molecule has 1 aliphatic heterocycles. The third kappa shape index (κ3) is 4.94. The van der Waals surface area contributed by atoms with Crippen molar-refractivity contribution in [3.8, 4) is 5.75 Å². The van der Waals surface area contributed by atoms with Crippen LogP contribution in [0.25, 0.3) is 6.08 Å². The van der Waals surface area contributed by atoms with Gasteiger partial charge in [0, 0.05) is 26.3 Å². The van der Waals surface area contributed by atoms with E-state index in [0.717, 1.165) is 29.8 Å². The van der Waals surface area contributed by atoms with Crippen LogP contribution in [0.2, 0.25) is 0 Å². The molecule has 1 unspecified atom stereocenters. The van der Waals surface area contributed by atoms with Gasteiger partial charge in [0.1, 0.15) is 12.4 Å². The normalized spacial score (nSPS) is 17.2. The SMILES string of the molecule is COC1CCN(C(=O)/C=C/c2ccc(OCc3ccccc3)cc2)C1. The first-order chi connectivity index (χ1) is 12.2. The van der Waals surface area contributed by atoms with Crippen LogP contribution in [0.15, 0.2) is 60.7 Å². The van der Waals surface area contributed by atoms with Crippen LogP contribution < -0.4 is 4.74 Å². The molecule has 1 atom stereocenters. The molecule has 25 heavy (non-hydrogen) atoms. The van der Waals surface area contributed by atoms with E-state index in [1.165, 1.54) is 0 Å². The van der Waals surface area contributed by atoms with Crippen LogP contribution in [-0.2, 0) is 16.1 Å². The number of carbonyl (C=O) groups is 1. The summed E-state index contributed by atoms with van der Waals surface area (Å²) in [6.45, 7) is 1.98. The average Bonchev–Trinajstić information content (AvgIpc) is 3.15. The highest BCUT2D eigenvalue weighted by Gasteiger charge is 2.24. The topological polar surface area (TPSA) is 38.8 Å². The Morgan fingerprint density at radius 1 is 1.16 bits per heavy atom. The molecule has 1 saturated heterocycles. The molecule has 3 rings (SSSR count). The summed E-state index contributed by atoms with van der Waals surface area (Å²) >= 11 is 0. The summed E-state index contributed by atoms with van der Waals surface area (Å²) in [4.78, 5) is 14.0. The van der Waals surface area contributed by atoms with Gasteiger partial charge >= 0.3 is 0 Å². The third-order valence-corrected chi connectivity index (χ3v) is 4.34. The maximum absolute atomic E-state index is 12.2. The van der Waals surface area contributed by atoms with E-state index in [1.54, 1.807) is 13.2 Å². The van der Waals surface area contributed by atoms with Crippen LogP contribution in [-0.4, -0.2) is 37.1 Å². The molecule has 0 aromatic heterocycles. The lowest BCUT2D eigenvalue weighted by Crippen LogP contribution is -2.28. The average molecular weight is 337 g/mol. The van der Waals surface area contributed by atoms with E-state index >= 15 is 0 Å². The van der Waals surface area contributed by atoms with Gasteiger partial charge in [-0.15, -0.1) is 0 Å². The smallest absolute Gasteiger partial charge is 0.246 e. The molecule has 1 heterocycles. The molecule has 4 heteroatoms. The number of amides is 1. The first-order valence-corrected chi connectivity index (χ1v) is 8.51. The highest BCUT2D eigenvalue weighted by molar-refractivity contribution is 5.92. The summed E-state index contributed by atoms with van der Waals surface area (Å²) in [6.07, 6.45) is 4.53. The van der Waals surface area contributed by atoms with Crippen molar-refractivity contribution in [3.63, 3.8) is 0 Å². The fraction of sp³-hybridized carbons (Fsp3) is 0.286. The summed E-state index contributed by atoms with van der Waals surface area (Å²) in [5, 5.41) is 0. The number of methoxy groups -OCH3 is 1.